The summed E-state index contributed by atoms with van der Waals surface area (Å²) in [6.07, 6.45) is 1.53. The van der Waals surface area contributed by atoms with Crippen LogP contribution in [0.5, 0.6) is 0 Å². The van der Waals surface area contributed by atoms with E-state index in [9.17, 15) is 9.90 Å². The molecule has 1 heterocycles. The van der Waals surface area contributed by atoms with Crippen LogP contribution in [0.1, 0.15) is 26.7 Å². The molecule has 1 aliphatic heterocycles. The number of rotatable bonds is 0. The van der Waals surface area contributed by atoms with Crippen LogP contribution in [0.3, 0.4) is 0 Å². The molecule has 90 valence electrons. The minimum atomic E-state index is -0.283. The van der Waals surface area contributed by atoms with E-state index in [1.807, 2.05) is 0 Å². The van der Waals surface area contributed by atoms with Crippen molar-refractivity contribution < 1.29 is 14.6 Å². The molecule has 16 heavy (non-hydrogen) atoms. The number of hydrogen-bond donors (Lipinski definition) is 1. The predicted molar refractivity (Wildman–Crippen MR) is 62.1 cm³/mol. The van der Waals surface area contributed by atoms with Crippen molar-refractivity contribution in [2.24, 2.45) is 16.7 Å². The fourth-order valence-corrected chi connectivity index (χ4v) is 5.15. The van der Waals surface area contributed by atoms with Gasteiger partial charge in [-0.05, 0) is 18.8 Å². The zero-order valence-electron chi connectivity index (χ0n) is 9.73. The molecule has 0 aromatic rings. The number of carbonyl (C=O) groups is 1. The topological polar surface area (TPSA) is 46.5 Å². The minimum absolute atomic E-state index is 0.0276. The molecule has 0 aromatic carbocycles. The molecule has 0 unspecified atom stereocenters. The summed E-state index contributed by atoms with van der Waals surface area (Å²) in [5.74, 6) is 1.69. The molecule has 4 atom stereocenters. The lowest BCUT2D eigenvalue weighted by atomic mass is 9.68. The standard InChI is InChI=1S/C12H18O3S/c1-11(2)7-3-8(13)12(4-7)6-16-5-9(14)15-10(11)12/h7-8,10,13H,3-6H2,1-2H3/t7-,8-,10-,12+/m0/s1. The third kappa shape index (κ3) is 1.17. The zero-order chi connectivity index (χ0) is 11.6. The van der Waals surface area contributed by atoms with Crippen molar-refractivity contribution in [1.29, 1.82) is 0 Å². The zero-order valence-corrected chi connectivity index (χ0v) is 10.5. The van der Waals surface area contributed by atoms with Crippen LogP contribution < -0.4 is 0 Å². The number of hydrogen-bond acceptors (Lipinski definition) is 4. The molecule has 0 aromatic heterocycles. The smallest absolute Gasteiger partial charge is 0.316 e. The summed E-state index contributed by atoms with van der Waals surface area (Å²) < 4.78 is 5.63. The number of thioether (sulfide) groups is 1. The van der Waals surface area contributed by atoms with Crippen LogP contribution in [0.15, 0.2) is 0 Å². The second kappa shape index (κ2) is 3.16. The molecule has 2 saturated carbocycles. The van der Waals surface area contributed by atoms with E-state index in [0.717, 1.165) is 18.6 Å². The van der Waals surface area contributed by atoms with Gasteiger partial charge in [0.1, 0.15) is 6.10 Å². The first kappa shape index (κ1) is 10.9. The van der Waals surface area contributed by atoms with Gasteiger partial charge in [-0.2, -0.15) is 0 Å². The largest absolute Gasteiger partial charge is 0.460 e. The lowest BCUT2D eigenvalue weighted by molar-refractivity contribution is -0.168. The number of aliphatic hydroxyl groups excluding tert-OH is 1. The normalized spacial score (nSPS) is 49.7. The fourth-order valence-electron chi connectivity index (χ4n) is 3.98. The van der Waals surface area contributed by atoms with E-state index in [4.69, 9.17) is 4.74 Å². The number of esters is 1. The lowest BCUT2D eigenvalue weighted by Gasteiger charge is -2.44. The Morgan fingerprint density at radius 2 is 2.25 bits per heavy atom. The summed E-state index contributed by atoms with van der Waals surface area (Å²) in [7, 11) is 0. The quantitative estimate of drug-likeness (QED) is 0.653. The van der Waals surface area contributed by atoms with Gasteiger partial charge in [-0.1, -0.05) is 13.8 Å². The van der Waals surface area contributed by atoms with Crippen LogP contribution in [-0.2, 0) is 9.53 Å². The van der Waals surface area contributed by atoms with Gasteiger partial charge >= 0.3 is 5.97 Å². The van der Waals surface area contributed by atoms with Crippen LogP contribution in [0.2, 0.25) is 0 Å². The van der Waals surface area contributed by atoms with Gasteiger partial charge in [-0.15, -0.1) is 11.8 Å². The second-order valence-electron chi connectivity index (χ2n) is 6.07. The molecular formula is C12H18O3S. The van der Waals surface area contributed by atoms with Gasteiger partial charge in [0.15, 0.2) is 0 Å². The number of carbonyl (C=O) groups excluding carboxylic acids is 1. The van der Waals surface area contributed by atoms with E-state index in [1.165, 1.54) is 0 Å². The van der Waals surface area contributed by atoms with E-state index >= 15 is 0 Å². The Morgan fingerprint density at radius 1 is 1.50 bits per heavy atom. The first-order chi connectivity index (χ1) is 7.47. The Hall–Kier alpha value is -0.220. The van der Waals surface area contributed by atoms with Crippen molar-refractivity contribution in [3.8, 4) is 0 Å². The summed E-state index contributed by atoms with van der Waals surface area (Å²) in [6.45, 7) is 4.36. The van der Waals surface area contributed by atoms with Crippen molar-refractivity contribution in [2.75, 3.05) is 11.5 Å². The molecule has 0 amide bonds. The molecule has 4 heteroatoms. The maximum absolute atomic E-state index is 11.6. The van der Waals surface area contributed by atoms with Gasteiger partial charge in [0.05, 0.1) is 11.9 Å². The van der Waals surface area contributed by atoms with E-state index in [2.05, 4.69) is 13.8 Å². The fraction of sp³-hybridized carbons (Fsp3) is 0.917. The summed E-state index contributed by atoms with van der Waals surface area (Å²) in [5, 5.41) is 10.2. The molecule has 1 spiro atoms. The van der Waals surface area contributed by atoms with Crippen LogP contribution in [-0.4, -0.2) is 34.8 Å². The highest BCUT2D eigenvalue weighted by molar-refractivity contribution is 7.99. The van der Waals surface area contributed by atoms with Crippen LogP contribution >= 0.6 is 11.8 Å². The molecule has 3 aliphatic rings. The Labute approximate surface area is 99.9 Å². The summed E-state index contributed by atoms with van der Waals surface area (Å²) in [4.78, 5) is 11.6. The third-order valence-electron chi connectivity index (χ3n) is 4.89. The highest BCUT2D eigenvalue weighted by Gasteiger charge is 2.68. The van der Waals surface area contributed by atoms with Crippen LogP contribution in [0.25, 0.3) is 0 Å². The molecule has 2 aliphatic carbocycles. The Bertz CT molecular complexity index is 341. The number of fused-ring (bicyclic) bond motifs is 1. The Kier molecular flexibility index (Phi) is 2.16. The van der Waals surface area contributed by atoms with Crippen molar-refractivity contribution in [3.05, 3.63) is 0 Å². The van der Waals surface area contributed by atoms with E-state index in [1.54, 1.807) is 11.8 Å². The average Bonchev–Trinajstić information content (AvgIpc) is 2.51. The van der Waals surface area contributed by atoms with E-state index in [0.29, 0.717) is 11.7 Å². The van der Waals surface area contributed by atoms with Gasteiger partial charge in [0.2, 0.25) is 0 Å². The van der Waals surface area contributed by atoms with Crippen molar-refractivity contribution >= 4 is 17.7 Å². The summed E-state index contributed by atoms with van der Waals surface area (Å²) >= 11 is 1.62. The number of aliphatic hydroxyl groups is 1. The molecule has 0 radical (unpaired) electrons. The molecule has 2 bridgehead atoms. The van der Waals surface area contributed by atoms with E-state index in [-0.39, 0.29) is 29.0 Å². The lowest BCUT2D eigenvalue weighted by Crippen LogP contribution is -2.51. The second-order valence-corrected chi connectivity index (χ2v) is 7.06. The molecule has 3 rings (SSSR count). The summed E-state index contributed by atoms with van der Waals surface area (Å²) in [5.41, 5.74) is -0.134. The Morgan fingerprint density at radius 3 is 3.00 bits per heavy atom. The van der Waals surface area contributed by atoms with Gasteiger partial charge in [-0.25, -0.2) is 0 Å². The first-order valence-corrected chi connectivity index (χ1v) is 7.07. The van der Waals surface area contributed by atoms with Crippen molar-refractivity contribution in [1.82, 2.24) is 0 Å². The van der Waals surface area contributed by atoms with Gasteiger partial charge < -0.3 is 9.84 Å². The minimum Gasteiger partial charge on any atom is -0.460 e. The SMILES string of the molecule is CC1(C)[C@H]2C[C@H](O)[C@]3(CSCC(=O)O[C@@H]13)C2. The van der Waals surface area contributed by atoms with Crippen molar-refractivity contribution in [3.63, 3.8) is 0 Å². The molecular weight excluding hydrogens is 224 g/mol. The van der Waals surface area contributed by atoms with E-state index < -0.39 is 0 Å². The maximum atomic E-state index is 11.6. The van der Waals surface area contributed by atoms with Gasteiger partial charge in [0, 0.05) is 16.6 Å². The van der Waals surface area contributed by atoms with Crippen LogP contribution in [0, 0.1) is 16.7 Å². The average molecular weight is 242 g/mol. The van der Waals surface area contributed by atoms with Crippen molar-refractivity contribution in [2.45, 2.75) is 38.9 Å². The maximum Gasteiger partial charge on any atom is 0.316 e. The molecule has 1 saturated heterocycles. The van der Waals surface area contributed by atoms with Gasteiger partial charge in [-0.3, -0.25) is 4.79 Å². The molecule has 3 fully saturated rings. The molecule has 3 nitrogen and oxygen atoms in total. The third-order valence-corrected chi connectivity index (χ3v) is 6.07. The monoisotopic (exact) mass is 242 g/mol. The van der Waals surface area contributed by atoms with Crippen LogP contribution in [0.4, 0.5) is 0 Å². The molecule has 1 N–H and O–H groups in total. The number of ether oxygens (including phenoxy) is 1. The predicted octanol–water partition coefficient (Wildman–Crippen LogP) is 1.44. The first-order valence-electron chi connectivity index (χ1n) is 5.92. The summed E-state index contributed by atoms with van der Waals surface area (Å²) in [6, 6.07) is 0. The highest BCUT2D eigenvalue weighted by atomic mass is 32.2. The Balaban J connectivity index is 2.03. The van der Waals surface area contributed by atoms with Gasteiger partial charge in [0.25, 0.3) is 0 Å². The highest BCUT2D eigenvalue weighted by Crippen LogP contribution is 2.65.